The molecule has 1 heterocycles. The Balaban J connectivity index is 0.00000144. The van der Waals surface area contributed by atoms with Crippen molar-refractivity contribution in [3.8, 4) is 0 Å². The predicted octanol–water partition coefficient (Wildman–Crippen LogP) is -1.87. The summed E-state index contributed by atoms with van der Waals surface area (Å²) in [5.74, 6) is -0.401. The first-order valence-corrected chi connectivity index (χ1v) is 5.08. The standard InChI is InChI=1S/C13H12N2O.BrH/c14-13(16)12-7-4-8-15(10-12)9-11-5-2-1-3-6-11;/h1-8,10H,9H2,(H-,14,16);1H. The molecule has 0 aliphatic carbocycles. The molecule has 2 rings (SSSR count). The van der Waals surface area contributed by atoms with Crippen molar-refractivity contribution in [3.05, 3.63) is 66.0 Å². The van der Waals surface area contributed by atoms with E-state index in [4.69, 9.17) is 5.73 Å². The summed E-state index contributed by atoms with van der Waals surface area (Å²) in [5.41, 5.74) is 6.94. The number of benzene rings is 1. The molecule has 0 fully saturated rings. The molecule has 0 saturated heterocycles. The van der Waals surface area contributed by atoms with Gasteiger partial charge in [0, 0.05) is 11.6 Å². The highest BCUT2D eigenvalue weighted by Crippen LogP contribution is 1.98. The fraction of sp³-hybridized carbons (Fsp3) is 0.0769. The highest BCUT2D eigenvalue weighted by Gasteiger charge is 2.07. The number of carbonyl (C=O) groups excluding carboxylic acids is 1. The summed E-state index contributed by atoms with van der Waals surface area (Å²) in [6.07, 6.45) is 3.68. The Bertz CT molecular complexity index is 500. The molecule has 3 nitrogen and oxygen atoms in total. The van der Waals surface area contributed by atoms with Crippen molar-refractivity contribution < 1.29 is 26.3 Å². The molecule has 0 aliphatic rings. The second-order valence-corrected chi connectivity index (χ2v) is 3.61. The van der Waals surface area contributed by atoms with Crippen LogP contribution in [-0.2, 0) is 6.54 Å². The maximum Gasteiger partial charge on any atom is 0.254 e. The van der Waals surface area contributed by atoms with Gasteiger partial charge in [-0.05, 0) is 6.07 Å². The molecule has 0 bridgehead atoms. The van der Waals surface area contributed by atoms with Gasteiger partial charge in [0.25, 0.3) is 5.91 Å². The SMILES string of the molecule is NC(=O)c1ccc[n+](Cc2ccccc2)c1.[Br-]. The normalized spacial score (nSPS) is 9.41. The second kappa shape index (κ2) is 6.15. The van der Waals surface area contributed by atoms with Crippen LogP contribution in [0.1, 0.15) is 15.9 Å². The molecule has 2 aromatic rings. The fourth-order valence-corrected chi connectivity index (χ4v) is 1.56. The molecule has 0 atom stereocenters. The Hall–Kier alpha value is -1.68. The van der Waals surface area contributed by atoms with Crippen LogP contribution in [0.25, 0.3) is 0 Å². The van der Waals surface area contributed by atoms with Crippen LogP contribution in [0, 0.1) is 0 Å². The van der Waals surface area contributed by atoms with Gasteiger partial charge in [0.1, 0.15) is 5.56 Å². The van der Waals surface area contributed by atoms with E-state index in [1.165, 1.54) is 5.56 Å². The lowest BCUT2D eigenvalue weighted by Crippen LogP contribution is -3.00. The average Bonchev–Trinajstić information content (AvgIpc) is 2.30. The summed E-state index contributed by atoms with van der Waals surface area (Å²) in [6, 6.07) is 13.6. The summed E-state index contributed by atoms with van der Waals surface area (Å²) in [4.78, 5) is 11.0. The summed E-state index contributed by atoms with van der Waals surface area (Å²) in [6.45, 7) is 0.738. The molecular formula is C13H13BrN2O. The van der Waals surface area contributed by atoms with Gasteiger partial charge in [-0.3, -0.25) is 4.79 Å². The van der Waals surface area contributed by atoms with Crippen molar-refractivity contribution in [3.63, 3.8) is 0 Å². The Morgan fingerprint density at radius 3 is 2.47 bits per heavy atom. The number of nitrogens with two attached hydrogens (primary N) is 1. The zero-order chi connectivity index (χ0) is 11.4. The van der Waals surface area contributed by atoms with Crippen molar-refractivity contribution in [1.29, 1.82) is 0 Å². The summed E-state index contributed by atoms with van der Waals surface area (Å²) in [5, 5.41) is 0. The third kappa shape index (κ3) is 3.67. The Morgan fingerprint density at radius 1 is 1.12 bits per heavy atom. The summed E-state index contributed by atoms with van der Waals surface area (Å²) < 4.78 is 1.94. The van der Waals surface area contributed by atoms with Gasteiger partial charge in [-0.15, -0.1) is 0 Å². The van der Waals surface area contributed by atoms with Gasteiger partial charge in [-0.25, -0.2) is 0 Å². The zero-order valence-electron chi connectivity index (χ0n) is 9.21. The highest BCUT2D eigenvalue weighted by molar-refractivity contribution is 5.92. The van der Waals surface area contributed by atoms with Gasteiger partial charge in [0.15, 0.2) is 18.9 Å². The molecule has 0 spiro atoms. The topological polar surface area (TPSA) is 47.0 Å². The van der Waals surface area contributed by atoms with E-state index in [9.17, 15) is 4.79 Å². The maximum atomic E-state index is 11.0. The first-order chi connectivity index (χ1) is 7.75. The number of rotatable bonds is 3. The molecule has 1 aromatic carbocycles. The lowest BCUT2D eigenvalue weighted by Gasteiger charge is -1.98. The third-order valence-electron chi connectivity index (χ3n) is 2.35. The van der Waals surface area contributed by atoms with Crippen molar-refractivity contribution in [2.24, 2.45) is 5.73 Å². The van der Waals surface area contributed by atoms with Crippen LogP contribution in [0.4, 0.5) is 0 Å². The Morgan fingerprint density at radius 2 is 1.82 bits per heavy atom. The van der Waals surface area contributed by atoms with Gasteiger partial charge < -0.3 is 22.7 Å². The minimum absolute atomic E-state index is 0. The van der Waals surface area contributed by atoms with E-state index < -0.39 is 5.91 Å². The lowest BCUT2D eigenvalue weighted by molar-refractivity contribution is -0.688. The predicted molar refractivity (Wildman–Crippen MR) is 60.7 cm³/mol. The number of hydrogen-bond donors (Lipinski definition) is 1. The highest BCUT2D eigenvalue weighted by atomic mass is 79.9. The molecule has 1 aromatic heterocycles. The van der Waals surface area contributed by atoms with E-state index >= 15 is 0 Å². The van der Waals surface area contributed by atoms with Crippen molar-refractivity contribution in [1.82, 2.24) is 0 Å². The number of amides is 1. The number of nitrogens with zero attached hydrogens (tertiary/aromatic N) is 1. The van der Waals surface area contributed by atoms with Crippen molar-refractivity contribution in [2.75, 3.05) is 0 Å². The second-order valence-electron chi connectivity index (χ2n) is 3.61. The molecule has 4 heteroatoms. The van der Waals surface area contributed by atoms with Crippen LogP contribution < -0.4 is 27.3 Å². The van der Waals surface area contributed by atoms with Gasteiger partial charge in [0.2, 0.25) is 0 Å². The quantitative estimate of drug-likeness (QED) is 0.662. The van der Waals surface area contributed by atoms with E-state index in [1.807, 2.05) is 47.2 Å². The average molecular weight is 293 g/mol. The molecule has 88 valence electrons. The van der Waals surface area contributed by atoms with Crippen LogP contribution in [-0.4, -0.2) is 5.91 Å². The first kappa shape index (κ1) is 13.4. The van der Waals surface area contributed by atoms with Gasteiger partial charge >= 0.3 is 0 Å². The number of halogens is 1. The number of aromatic nitrogens is 1. The fourth-order valence-electron chi connectivity index (χ4n) is 1.56. The van der Waals surface area contributed by atoms with Crippen molar-refractivity contribution >= 4 is 5.91 Å². The monoisotopic (exact) mass is 292 g/mol. The van der Waals surface area contributed by atoms with Crippen LogP contribution >= 0.6 is 0 Å². The number of primary amides is 1. The number of pyridine rings is 1. The largest absolute Gasteiger partial charge is 1.00 e. The molecule has 2 N–H and O–H groups in total. The molecule has 0 saturated carbocycles. The van der Waals surface area contributed by atoms with Gasteiger partial charge in [-0.1, -0.05) is 30.3 Å². The lowest BCUT2D eigenvalue weighted by atomic mass is 10.2. The van der Waals surface area contributed by atoms with E-state index in [2.05, 4.69) is 0 Å². The van der Waals surface area contributed by atoms with E-state index in [-0.39, 0.29) is 17.0 Å². The smallest absolute Gasteiger partial charge is 0.254 e. The van der Waals surface area contributed by atoms with Crippen LogP contribution in [0.5, 0.6) is 0 Å². The van der Waals surface area contributed by atoms with Crippen LogP contribution in [0.2, 0.25) is 0 Å². The molecule has 0 radical (unpaired) electrons. The Kier molecular flexibility index (Phi) is 4.84. The molecular weight excluding hydrogens is 280 g/mol. The minimum Gasteiger partial charge on any atom is -1.00 e. The van der Waals surface area contributed by atoms with Crippen molar-refractivity contribution in [2.45, 2.75) is 6.54 Å². The minimum atomic E-state index is -0.401. The van der Waals surface area contributed by atoms with Gasteiger partial charge in [-0.2, -0.15) is 4.57 Å². The van der Waals surface area contributed by atoms with E-state index in [0.29, 0.717) is 5.56 Å². The van der Waals surface area contributed by atoms with Crippen LogP contribution in [0.3, 0.4) is 0 Å². The molecule has 1 amide bonds. The maximum absolute atomic E-state index is 11.0. The van der Waals surface area contributed by atoms with Crippen LogP contribution in [0.15, 0.2) is 54.9 Å². The van der Waals surface area contributed by atoms with Gasteiger partial charge in [0.05, 0.1) is 0 Å². The summed E-state index contributed by atoms with van der Waals surface area (Å²) >= 11 is 0. The van der Waals surface area contributed by atoms with E-state index in [0.717, 1.165) is 6.54 Å². The molecule has 17 heavy (non-hydrogen) atoms. The molecule has 0 aliphatic heterocycles. The summed E-state index contributed by atoms with van der Waals surface area (Å²) in [7, 11) is 0. The number of hydrogen-bond acceptors (Lipinski definition) is 1. The molecule has 0 unspecified atom stereocenters. The Labute approximate surface area is 111 Å². The third-order valence-corrected chi connectivity index (χ3v) is 2.35. The van der Waals surface area contributed by atoms with E-state index in [1.54, 1.807) is 12.3 Å². The number of carbonyl (C=O) groups is 1. The zero-order valence-corrected chi connectivity index (χ0v) is 10.8. The first-order valence-electron chi connectivity index (χ1n) is 5.08.